The topological polar surface area (TPSA) is 0 Å². The highest BCUT2D eigenvalue weighted by Gasteiger charge is 2.12. The highest BCUT2D eigenvalue weighted by molar-refractivity contribution is 5.82. The number of aryl methyl sites for hydroxylation is 1. The lowest BCUT2D eigenvalue weighted by atomic mass is 10.9. The number of benzene rings is 2. The predicted octanol–water partition coefficient (Wildman–Crippen LogP) is 4.06. The van der Waals surface area contributed by atoms with Gasteiger partial charge in [-0.1, -0.05) is 60.7 Å². The van der Waals surface area contributed by atoms with Crippen molar-refractivity contribution in [2.75, 3.05) is 0 Å². The highest BCUT2D eigenvalue weighted by Crippen LogP contribution is 2.31. The van der Waals surface area contributed by atoms with Crippen molar-refractivity contribution in [1.29, 1.82) is 0 Å². The molecule has 0 fully saturated rings. The minimum absolute atomic E-state index is 1.15. The van der Waals surface area contributed by atoms with Crippen LogP contribution in [0.5, 0.6) is 0 Å². The Morgan fingerprint density at radius 1 is 0.750 bits per heavy atom. The van der Waals surface area contributed by atoms with Crippen molar-refractivity contribution in [3.8, 4) is 0 Å². The largest absolute Gasteiger partial charge is 0.0757 e. The molecule has 0 saturated heterocycles. The second-order valence-electron chi connectivity index (χ2n) is 4.18. The zero-order valence-corrected chi connectivity index (χ0v) is 9.19. The van der Waals surface area contributed by atoms with Crippen LogP contribution < -0.4 is 0 Å². The minimum atomic E-state index is 1.15. The molecule has 2 aromatic rings. The molecule has 0 heteroatoms. The number of allylic oxidation sites excluding steroid dienone is 1. The van der Waals surface area contributed by atoms with E-state index in [0.717, 1.165) is 6.42 Å². The van der Waals surface area contributed by atoms with Crippen LogP contribution in [-0.2, 0) is 6.42 Å². The molecule has 0 saturated carbocycles. The Hall–Kier alpha value is -1.82. The molecule has 1 aliphatic carbocycles. The molecular weight excluding hydrogens is 208 g/mol. The Bertz CT molecular complexity index is 521. The van der Waals surface area contributed by atoms with Crippen molar-refractivity contribution in [2.24, 2.45) is 0 Å². The van der Waals surface area contributed by atoms with E-state index in [2.05, 4.69) is 60.7 Å². The quantitative estimate of drug-likeness (QED) is 0.638. The van der Waals surface area contributed by atoms with Gasteiger partial charge in [-0.15, -0.1) is 0 Å². The molecule has 0 nitrogen and oxygen atoms in total. The van der Waals surface area contributed by atoms with Crippen molar-refractivity contribution in [3.05, 3.63) is 77.4 Å². The lowest BCUT2D eigenvalue weighted by Gasteiger charge is -2.17. The summed E-state index contributed by atoms with van der Waals surface area (Å²) in [7, 11) is 0. The van der Waals surface area contributed by atoms with Crippen molar-refractivity contribution in [2.45, 2.75) is 12.8 Å². The fraction of sp³-hybridized carbons (Fsp3) is 0.125. The number of hydrogen-bond acceptors (Lipinski definition) is 0. The van der Waals surface area contributed by atoms with Crippen LogP contribution in [0.4, 0.5) is 0 Å². The second kappa shape index (κ2) is 3.97. The van der Waals surface area contributed by atoms with Gasteiger partial charge in [0.1, 0.15) is 0 Å². The molecule has 2 aromatic carbocycles. The Balaban J connectivity index is 2.13. The first-order chi connectivity index (χ1) is 7.95. The van der Waals surface area contributed by atoms with Crippen LogP contribution in [0.3, 0.4) is 0 Å². The summed E-state index contributed by atoms with van der Waals surface area (Å²) in [6.45, 7) is 0. The summed E-state index contributed by atoms with van der Waals surface area (Å²) in [5, 5.41) is 0. The third-order valence-electron chi connectivity index (χ3n) is 3.15. The van der Waals surface area contributed by atoms with Gasteiger partial charge in [0.2, 0.25) is 0 Å². The van der Waals surface area contributed by atoms with Crippen LogP contribution in [0.2, 0.25) is 0 Å². The summed E-state index contributed by atoms with van der Waals surface area (Å²) >= 11 is 0. The van der Waals surface area contributed by atoms with E-state index < -0.39 is 0 Å². The fourth-order valence-corrected chi connectivity index (χ4v) is 2.37. The van der Waals surface area contributed by atoms with Gasteiger partial charge in [0.25, 0.3) is 0 Å². The standard InChI is InChI=1S/C16H14/c1-2-7-13(8-3-1)16-12-6-10-14-9-4-5-11-15(14)16/h1-5,7-9,11-12H,6,10H2/i1+1,2+1,3+1,4+1,5+1,6+1,7+1,8+1,9+1,10+1,11+1,12+1,13+1,14+1,15+1,16+1. The highest BCUT2D eigenvalue weighted by atomic mass is 15.2. The Labute approximate surface area is 96.3 Å². The summed E-state index contributed by atoms with van der Waals surface area (Å²) < 4.78 is 0. The van der Waals surface area contributed by atoms with E-state index in [0.29, 0.717) is 0 Å². The molecule has 0 heterocycles. The van der Waals surface area contributed by atoms with E-state index in [1.54, 1.807) is 0 Å². The Kier molecular flexibility index (Phi) is 2.34. The van der Waals surface area contributed by atoms with E-state index in [9.17, 15) is 0 Å². The van der Waals surface area contributed by atoms with Crippen molar-refractivity contribution in [3.63, 3.8) is 0 Å². The first-order valence-electron chi connectivity index (χ1n) is 5.79. The Morgan fingerprint density at radius 2 is 1.50 bits per heavy atom. The smallest absolute Gasteiger partial charge is 0.0149 e. The second-order valence-corrected chi connectivity index (χ2v) is 4.18. The van der Waals surface area contributed by atoms with Crippen molar-refractivity contribution < 1.29 is 0 Å². The maximum absolute atomic E-state index is 2.36. The monoisotopic (exact) mass is 222 g/mol. The summed E-state index contributed by atoms with van der Waals surface area (Å²) in [6, 6.07) is 19.4. The van der Waals surface area contributed by atoms with Crippen LogP contribution in [0.25, 0.3) is 5.57 Å². The molecule has 1 aliphatic rings. The van der Waals surface area contributed by atoms with Gasteiger partial charge in [0.15, 0.2) is 0 Å². The van der Waals surface area contributed by atoms with Gasteiger partial charge in [0.05, 0.1) is 0 Å². The first-order valence-corrected chi connectivity index (χ1v) is 5.79. The minimum Gasteiger partial charge on any atom is -0.0757 e. The van der Waals surface area contributed by atoms with Crippen molar-refractivity contribution in [1.82, 2.24) is 0 Å². The number of hydrogen-bond donors (Lipinski definition) is 0. The van der Waals surface area contributed by atoms with Crippen LogP contribution in [0, 0.1) is 0 Å². The number of rotatable bonds is 1. The third kappa shape index (κ3) is 1.57. The van der Waals surface area contributed by atoms with Crippen LogP contribution >= 0.6 is 0 Å². The molecule has 0 radical (unpaired) electrons. The molecule has 0 bridgehead atoms. The van der Waals surface area contributed by atoms with Crippen LogP contribution in [0.15, 0.2) is 60.7 Å². The zero-order chi connectivity index (χ0) is 10.8. The van der Waals surface area contributed by atoms with E-state index in [-0.39, 0.29) is 0 Å². The molecule has 0 N–H and O–H groups in total. The van der Waals surface area contributed by atoms with Gasteiger partial charge in [-0.05, 0) is 35.1 Å². The van der Waals surface area contributed by atoms with E-state index in [1.807, 2.05) is 0 Å². The number of fused-ring (bicyclic) bond motifs is 1. The van der Waals surface area contributed by atoms with Crippen LogP contribution in [0.1, 0.15) is 23.1 Å². The van der Waals surface area contributed by atoms with Gasteiger partial charge in [-0.25, -0.2) is 0 Å². The molecular formula is C16H14. The lowest BCUT2D eigenvalue weighted by molar-refractivity contribution is 0.978. The molecule has 0 atom stereocenters. The zero-order valence-electron chi connectivity index (χ0n) is 9.19. The molecule has 0 amide bonds. The molecule has 0 spiro atoms. The average Bonchev–Trinajstić information content (AvgIpc) is 2.39. The SMILES string of the molecule is [13CH]1=[13C]([13c]2[13cH][13cH][13cH][13cH][13cH]2)[13c]2[13cH][13cH][13cH][13cH][13c]2[13CH2][13CH2]1. The molecule has 16 heavy (non-hydrogen) atoms. The van der Waals surface area contributed by atoms with E-state index in [4.69, 9.17) is 0 Å². The summed E-state index contributed by atoms with van der Waals surface area (Å²) in [4.78, 5) is 0. The van der Waals surface area contributed by atoms with E-state index >= 15 is 0 Å². The molecule has 0 aliphatic heterocycles. The lowest BCUT2D eigenvalue weighted by Crippen LogP contribution is -2.00. The van der Waals surface area contributed by atoms with Gasteiger partial charge in [-0.2, -0.15) is 0 Å². The van der Waals surface area contributed by atoms with Gasteiger partial charge in [0, 0.05) is 0 Å². The Morgan fingerprint density at radius 3 is 2.38 bits per heavy atom. The summed E-state index contributed by atoms with van der Waals surface area (Å²) in [5.41, 5.74) is 5.60. The third-order valence-corrected chi connectivity index (χ3v) is 3.15. The molecule has 3 rings (SSSR count). The van der Waals surface area contributed by atoms with Crippen molar-refractivity contribution >= 4 is 5.57 Å². The van der Waals surface area contributed by atoms with Gasteiger partial charge < -0.3 is 0 Å². The van der Waals surface area contributed by atoms with Crippen LogP contribution in [-0.4, -0.2) is 0 Å². The van der Waals surface area contributed by atoms with E-state index in [1.165, 1.54) is 28.7 Å². The predicted molar refractivity (Wildman–Crippen MR) is 68.3 cm³/mol. The van der Waals surface area contributed by atoms with Gasteiger partial charge >= 0.3 is 0 Å². The first kappa shape index (κ1) is 9.41. The maximum atomic E-state index is 2.36. The molecule has 78 valence electrons. The maximum Gasteiger partial charge on any atom is -0.0149 e. The molecule has 0 unspecified atom stereocenters. The fourth-order valence-electron chi connectivity index (χ4n) is 2.37. The normalized spacial score (nSPS) is 14.1. The summed E-state index contributed by atoms with van der Waals surface area (Å²) in [6.07, 6.45) is 4.69. The average molecular weight is 222 g/mol. The molecule has 0 aromatic heterocycles. The van der Waals surface area contributed by atoms with Gasteiger partial charge in [-0.3, -0.25) is 0 Å². The summed E-state index contributed by atoms with van der Waals surface area (Å²) in [5.74, 6) is 0.